The Morgan fingerprint density at radius 3 is 2.19 bits per heavy atom. The second kappa shape index (κ2) is 10.1. The third-order valence-corrected chi connectivity index (χ3v) is 5.95. The molecule has 1 N–H and O–H groups in total. The van der Waals surface area contributed by atoms with Gasteiger partial charge in [-0.25, -0.2) is 0 Å². The average Bonchev–Trinajstić information content (AvgIpc) is 2.74. The van der Waals surface area contributed by atoms with Gasteiger partial charge in [-0.1, -0.05) is 36.8 Å². The summed E-state index contributed by atoms with van der Waals surface area (Å²) < 4.78 is 0. The van der Waals surface area contributed by atoms with Crippen LogP contribution in [0.4, 0.5) is 0 Å². The summed E-state index contributed by atoms with van der Waals surface area (Å²) in [5, 5.41) is 19.0. The third-order valence-electron chi connectivity index (χ3n) is 5.95. The van der Waals surface area contributed by atoms with Crippen molar-refractivity contribution in [2.24, 2.45) is 0 Å². The van der Waals surface area contributed by atoms with Gasteiger partial charge in [-0.3, -0.25) is 14.4 Å². The maximum Gasteiger partial charge on any atom is 0.303 e. The van der Waals surface area contributed by atoms with E-state index in [0.717, 1.165) is 5.56 Å². The van der Waals surface area contributed by atoms with E-state index in [2.05, 4.69) is 4.84 Å². The molecule has 0 amide bonds. The first-order valence-electron chi connectivity index (χ1n) is 10.1. The summed E-state index contributed by atoms with van der Waals surface area (Å²) in [5.74, 6) is -1.49. The van der Waals surface area contributed by atoms with Crippen molar-refractivity contribution < 1.29 is 29.4 Å². The smallest absolute Gasteiger partial charge is 0.303 e. The van der Waals surface area contributed by atoms with Crippen molar-refractivity contribution in [2.75, 3.05) is 6.61 Å². The van der Waals surface area contributed by atoms with Gasteiger partial charge in [-0.15, -0.1) is 10.1 Å². The van der Waals surface area contributed by atoms with Crippen molar-refractivity contribution in [1.29, 1.82) is 0 Å². The fourth-order valence-electron chi connectivity index (χ4n) is 4.22. The second-order valence-corrected chi connectivity index (χ2v) is 7.76. The number of benzene rings is 1. The van der Waals surface area contributed by atoms with Crippen molar-refractivity contribution in [3.63, 3.8) is 0 Å². The van der Waals surface area contributed by atoms with E-state index in [9.17, 15) is 29.6 Å². The molecule has 0 saturated heterocycles. The van der Waals surface area contributed by atoms with Crippen LogP contribution in [0.5, 0.6) is 0 Å². The standard InChI is InChI=1S/C23H27NO7/c1-15-16(2)22(28)20(17(3)21(15)27)23(13-11-19(25)26,18-9-5-4-6-10-18)12-7-8-14-31-24(29)30/h4-6,9-10H,7-8,11-14H2,1-3H3,(H,25,26). The molecule has 2 rings (SSSR count). The first-order chi connectivity index (χ1) is 14.6. The van der Waals surface area contributed by atoms with Gasteiger partial charge in [0.15, 0.2) is 11.6 Å². The molecule has 1 aromatic carbocycles. The minimum Gasteiger partial charge on any atom is -0.481 e. The molecule has 1 aliphatic carbocycles. The minimum absolute atomic E-state index is 0.0975. The zero-order valence-corrected chi connectivity index (χ0v) is 18.0. The molecule has 8 heteroatoms. The highest BCUT2D eigenvalue weighted by molar-refractivity contribution is 6.25. The third kappa shape index (κ3) is 5.25. The largest absolute Gasteiger partial charge is 0.481 e. The lowest BCUT2D eigenvalue weighted by Gasteiger charge is -2.39. The van der Waals surface area contributed by atoms with Crippen molar-refractivity contribution in [3.8, 4) is 0 Å². The van der Waals surface area contributed by atoms with E-state index in [1.807, 2.05) is 18.2 Å². The molecule has 0 aliphatic heterocycles. The van der Waals surface area contributed by atoms with Crippen LogP contribution in [0.25, 0.3) is 0 Å². The number of carbonyl (C=O) groups is 3. The van der Waals surface area contributed by atoms with E-state index in [1.165, 1.54) is 0 Å². The normalized spacial score (nSPS) is 16.4. The van der Waals surface area contributed by atoms with Gasteiger partial charge in [0.2, 0.25) is 0 Å². The Labute approximate surface area is 180 Å². The van der Waals surface area contributed by atoms with E-state index < -0.39 is 16.5 Å². The van der Waals surface area contributed by atoms with E-state index in [-0.39, 0.29) is 31.0 Å². The Morgan fingerprint density at radius 1 is 1.00 bits per heavy atom. The van der Waals surface area contributed by atoms with Crippen LogP contribution in [0.2, 0.25) is 0 Å². The molecule has 0 saturated carbocycles. The Balaban J connectivity index is 2.58. The Kier molecular flexibility index (Phi) is 7.85. The summed E-state index contributed by atoms with van der Waals surface area (Å²) in [4.78, 5) is 52.6. The summed E-state index contributed by atoms with van der Waals surface area (Å²) in [7, 11) is 0. The molecule has 0 fully saturated rings. The molecule has 31 heavy (non-hydrogen) atoms. The summed E-state index contributed by atoms with van der Waals surface area (Å²) in [5.41, 5.74) is 1.14. The number of nitrogens with zero attached hydrogens (tertiary/aromatic N) is 1. The zero-order chi connectivity index (χ0) is 23.2. The minimum atomic E-state index is -1.01. The van der Waals surface area contributed by atoms with Gasteiger partial charge in [-0.05, 0) is 45.6 Å². The van der Waals surface area contributed by atoms with Crippen LogP contribution in [0, 0.1) is 10.1 Å². The summed E-state index contributed by atoms with van der Waals surface area (Å²) >= 11 is 0. The van der Waals surface area contributed by atoms with Crippen LogP contribution in [0.3, 0.4) is 0 Å². The topological polar surface area (TPSA) is 124 Å². The Hall–Kier alpha value is -3.29. The van der Waals surface area contributed by atoms with Crippen LogP contribution < -0.4 is 0 Å². The number of rotatable bonds is 11. The molecule has 8 nitrogen and oxygen atoms in total. The first kappa shape index (κ1) is 24.0. The highest BCUT2D eigenvalue weighted by atomic mass is 16.9. The molecule has 1 aliphatic rings. The van der Waals surface area contributed by atoms with E-state index in [0.29, 0.717) is 41.6 Å². The molecule has 1 aromatic rings. The van der Waals surface area contributed by atoms with Gasteiger partial charge < -0.3 is 9.94 Å². The lowest BCUT2D eigenvalue weighted by atomic mass is 9.62. The van der Waals surface area contributed by atoms with Crippen LogP contribution in [0.15, 0.2) is 52.6 Å². The van der Waals surface area contributed by atoms with Crippen LogP contribution in [-0.2, 0) is 24.6 Å². The lowest BCUT2D eigenvalue weighted by Crippen LogP contribution is -2.38. The highest BCUT2D eigenvalue weighted by Gasteiger charge is 2.44. The van der Waals surface area contributed by atoms with Gasteiger partial charge >= 0.3 is 5.97 Å². The Bertz CT molecular complexity index is 946. The van der Waals surface area contributed by atoms with Crippen molar-refractivity contribution >= 4 is 17.5 Å². The molecule has 0 aromatic heterocycles. The van der Waals surface area contributed by atoms with E-state index >= 15 is 0 Å². The van der Waals surface area contributed by atoms with Crippen LogP contribution >= 0.6 is 0 Å². The summed E-state index contributed by atoms with van der Waals surface area (Å²) in [6.07, 6.45) is 1.08. The average molecular weight is 429 g/mol. The maximum atomic E-state index is 13.4. The highest BCUT2D eigenvalue weighted by Crippen LogP contribution is 2.46. The molecule has 0 heterocycles. The molecule has 1 unspecified atom stereocenters. The second-order valence-electron chi connectivity index (χ2n) is 7.76. The molecular formula is C23H27NO7. The molecule has 166 valence electrons. The number of Topliss-reactive ketones (excluding diaryl/α,β-unsaturated/α-hetero) is 2. The number of hydrogen-bond donors (Lipinski definition) is 1. The fraction of sp³-hybridized carbons (Fsp3) is 0.435. The number of ketones is 2. The van der Waals surface area contributed by atoms with Crippen molar-refractivity contribution in [2.45, 2.75) is 58.3 Å². The quantitative estimate of drug-likeness (QED) is 0.244. The predicted molar refractivity (Wildman–Crippen MR) is 113 cm³/mol. The fourth-order valence-corrected chi connectivity index (χ4v) is 4.22. The maximum absolute atomic E-state index is 13.4. The van der Waals surface area contributed by atoms with Gasteiger partial charge in [0.1, 0.15) is 0 Å². The number of allylic oxidation sites excluding steroid dienone is 4. The van der Waals surface area contributed by atoms with E-state index in [4.69, 9.17) is 0 Å². The lowest BCUT2D eigenvalue weighted by molar-refractivity contribution is -0.757. The van der Waals surface area contributed by atoms with Crippen molar-refractivity contribution in [3.05, 3.63) is 68.3 Å². The number of carboxylic acid groups (broad SMARTS) is 1. The molecular weight excluding hydrogens is 402 g/mol. The van der Waals surface area contributed by atoms with Gasteiger partial charge in [0.25, 0.3) is 5.09 Å². The summed E-state index contributed by atoms with van der Waals surface area (Å²) in [6, 6.07) is 9.09. The first-order valence-corrected chi connectivity index (χ1v) is 10.1. The van der Waals surface area contributed by atoms with E-state index in [1.54, 1.807) is 32.9 Å². The number of hydrogen-bond acceptors (Lipinski definition) is 6. The number of aliphatic carboxylic acids is 1. The van der Waals surface area contributed by atoms with Crippen LogP contribution in [-0.4, -0.2) is 34.3 Å². The predicted octanol–water partition coefficient (Wildman–Crippen LogP) is 3.97. The number of carboxylic acids is 1. The number of unbranched alkanes of at least 4 members (excludes halogenated alkanes) is 1. The number of carbonyl (C=O) groups excluding carboxylic acids is 2. The molecule has 0 bridgehead atoms. The van der Waals surface area contributed by atoms with Crippen LogP contribution in [0.1, 0.15) is 58.4 Å². The van der Waals surface area contributed by atoms with Gasteiger partial charge in [0, 0.05) is 34.1 Å². The van der Waals surface area contributed by atoms with Gasteiger partial charge in [-0.2, -0.15) is 0 Å². The SMILES string of the molecule is CC1=C(C)C(=O)C(C(CCCCO[N+](=O)[O-])(CCC(=O)O)c2ccccc2)=C(C)C1=O. The summed E-state index contributed by atoms with van der Waals surface area (Å²) in [6.45, 7) is 4.74. The molecule has 0 spiro atoms. The molecule has 1 atom stereocenters. The van der Waals surface area contributed by atoms with Gasteiger partial charge in [0.05, 0.1) is 6.61 Å². The zero-order valence-electron chi connectivity index (χ0n) is 18.0. The molecule has 0 radical (unpaired) electrons. The van der Waals surface area contributed by atoms with Crippen molar-refractivity contribution in [1.82, 2.24) is 0 Å². The Morgan fingerprint density at radius 2 is 1.61 bits per heavy atom. The monoisotopic (exact) mass is 429 g/mol.